The number of hydrogen-bond donors (Lipinski definition) is 1. The maximum Gasteiger partial charge on any atom is 0.234 e. The third-order valence-corrected chi connectivity index (χ3v) is 4.22. The van der Waals surface area contributed by atoms with Gasteiger partial charge in [-0.1, -0.05) is 41.4 Å². The molecule has 2 rings (SSSR count). The Kier molecular flexibility index (Phi) is 6.60. The smallest absolute Gasteiger partial charge is 0.234 e. The number of likely N-dealkylation sites (N-methyl/N-ethyl adjacent to an activating group) is 1. The Balaban J connectivity index is 1.92. The Labute approximate surface area is 151 Å². The van der Waals surface area contributed by atoms with Crippen LogP contribution in [-0.4, -0.2) is 24.4 Å². The molecule has 0 aromatic heterocycles. The minimum absolute atomic E-state index is 0.134. The molecule has 24 heavy (non-hydrogen) atoms. The van der Waals surface area contributed by atoms with Crippen molar-refractivity contribution in [3.8, 4) is 0 Å². The first-order chi connectivity index (χ1) is 11.4. The normalized spacial score (nSPS) is 12.2. The topological polar surface area (TPSA) is 32.3 Å². The molecule has 6 heteroatoms. The molecule has 0 fully saturated rings. The maximum absolute atomic E-state index is 13.8. The fourth-order valence-corrected chi connectivity index (χ4v) is 2.82. The first-order valence-corrected chi connectivity index (χ1v) is 8.28. The number of rotatable bonds is 6. The second-order valence-electron chi connectivity index (χ2n) is 5.72. The molecule has 0 radical (unpaired) electrons. The highest BCUT2D eigenvalue weighted by Gasteiger charge is 2.14. The third-order valence-electron chi connectivity index (χ3n) is 3.63. The van der Waals surface area contributed by atoms with E-state index in [0.717, 1.165) is 5.56 Å². The number of benzene rings is 2. The van der Waals surface area contributed by atoms with E-state index < -0.39 is 0 Å². The van der Waals surface area contributed by atoms with Crippen LogP contribution in [0.15, 0.2) is 42.5 Å². The van der Waals surface area contributed by atoms with Crippen molar-refractivity contribution in [2.75, 3.05) is 13.6 Å². The van der Waals surface area contributed by atoms with Crippen molar-refractivity contribution in [3.63, 3.8) is 0 Å². The monoisotopic (exact) mass is 368 g/mol. The number of amides is 1. The molecule has 0 spiro atoms. The summed E-state index contributed by atoms with van der Waals surface area (Å²) in [6, 6.07) is 11.7. The van der Waals surface area contributed by atoms with Gasteiger partial charge in [-0.25, -0.2) is 4.39 Å². The lowest BCUT2D eigenvalue weighted by molar-refractivity contribution is -0.122. The lowest BCUT2D eigenvalue weighted by Gasteiger charge is -2.20. The summed E-state index contributed by atoms with van der Waals surface area (Å²) in [5, 5.41) is 3.88. The van der Waals surface area contributed by atoms with Crippen LogP contribution >= 0.6 is 23.2 Å². The van der Waals surface area contributed by atoms with Crippen molar-refractivity contribution < 1.29 is 9.18 Å². The number of hydrogen-bond acceptors (Lipinski definition) is 2. The van der Waals surface area contributed by atoms with Crippen LogP contribution < -0.4 is 5.32 Å². The molecule has 0 bridgehead atoms. The van der Waals surface area contributed by atoms with Crippen molar-refractivity contribution in [1.82, 2.24) is 10.2 Å². The van der Waals surface area contributed by atoms with E-state index in [9.17, 15) is 9.18 Å². The van der Waals surface area contributed by atoms with Crippen molar-refractivity contribution in [1.29, 1.82) is 0 Å². The minimum atomic E-state index is -0.373. The maximum atomic E-state index is 13.8. The first kappa shape index (κ1) is 18.7. The van der Waals surface area contributed by atoms with E-state index >= 15 is 0 Å². The summed E-state index contributed by atoms with van der Waals surface area (Å²) < 4.78 is 13.8. The second kappa shape index (κ2) is 8.47. The summed E-state index contributed by atoms with van der Waals surface area (Å²) in [5.41, 5.74) is 1.31. The third kappa shape index (κ3) is 5.20. The van der Waals surface area contributed by atoms with Crippen LogP contribution in [0.3, 0.4) is 0 Å². The summed E-state index contributed by atoms with van der Waals surface area (Å²) in [6.07, 6.45) is 0. The average molecular weight is 369 g/mol. The number of nitrogens with zero attached hydrogens (tertiary/aromatic N) is 1. The van der Waals surface area contributed by atoms with Gasteiger partial charge in [0.1, 0.15) is 5.82 Å². The van der Waals surface area contributed by atoms with Gasteiger partial charge < -0.3 is 5.32 Å². The molecule has 0 unspecified atom stereocenters. The van der Waals surface area contributed by atoms with Gasteiger partial charge in [0.05, 0.1) is 12.6 Å². The number of halogens is 3. The zero-order chi connectivity index (χ0) is 17.7. The van der Waals surface area contributed by atoms with Crippen molar-refractivity contribution in [3.05, 3.63) is 69.5 Å². The molecule has 128 valence electrons. The molecule has 1 amide bonds. The molecule has 3 nitrogen and oxygen atoms in total. The summed E-state index contributed by atoms with van der Waals surface area (Å²) in [6.45, 7) is 2.28. The molecule has 0 heterocycles. The first-order valence-electron chi connectivity index (χ1n) is 7.53. The van der Waals surface area contributed by atoms with Gasteiger partial charge in [0.25, 0.3) is 0 Å². The lowest BCUT2D eigenvalue weighted by Crippen LogP contribution is -2.36. The van der Waals surface area contributed by atoms with Crippen molar-refractivity contribution >= 4 is 29.1 Å². The van der Waals surface area contributed by atoms with E-state index in [1.54, 1.807) is 30.1 Å². The highest BCUT2D eigenvalue weighted by atomic mass is 35.5. The Morgan fingerprint density at radius 2 is 1.96 bits per heavy atom. The molecule has 2 aromatic carbocycles. The lowest BCUT2D eigenvalue weighted by atomic mass is 10.1. The second-order valence-corrected chi connectivity index (χ2v) is 6.56. The Morgan fingerprint density at radius 3 is 2.62 bits per heavy atom. The zero-order valence-electron chi connectivity index (χ0n) is 13.5. The van der Waals surface area contributed by atoms with Gasteiger partial charge >= 0.3 is 0 Å². The zero-order valence-corrected chi connectivity index (χ0v) is 15.0. The van der Waals surface area contributed by atoms with E-state index in [1.165, 1.54) is 6.07 Å². The van der Waals surface area contributed by atoms with E-state index in [4.69, 9.17) is 23.2 Å². The fraction of sp³-hybridized carbons (Fsp3) is 0.278. The Morgan fingerprint density at radius 1 is 1.25 bits per heavy atom. The molecule has 2 aromatic rings. The molecule has 0 saturated carbocycles. The van der Waals surface area contributed by atoms with Gasteiger partial charge in [-0.05, 0) is 43.8 Å². The highest BCUT2D eigenvalue weighted by molar-refractivity contribution is 6.31. The van der Waals surface area contributed by atoms with Gasteiger partial charge in [0, 0.05) is 22.2 Å². The van der Waals surface area contributed by atoms with Gasteiger partial charge in [-0.2, -0.15) is 0 Å². The number of nitrogens with one attached hydrogen (secondary N) is 1. The van der Waals surface area contributed by atoms with E-state index in [1.807, 2.05) is 25.1 Å². The van der Waals surface area contributed by atoms with Crippen LogP contribution in [0.5, 0.6) is 0 Å². The number of carbonyl (C=O) groups excluding carboxylic acids is 1. The quantitative estimate of drug-likeness (QED) is 0.817. The summed E-state index contributed by atoms with van der Waals surface area (Å²) in [7, 11) is 1.74. The SMILES string of the molecule is C[C@H](NC(=O)CN(C)Cc1c(F)cccc1Cl)c1cccc(Cl)c1. The molecular formula is C18H19Cl2FN2O. The molecule has 1 N–H and O–H groups in total. The molecular weight excluding hydrogens is 350 g/mol. The van der Waals surface area contributed by atoms with E-state index in [-0.39, 0.29) is 30.9 Å². The van der Waals surface area contributed by atoms with Gasteiger partial charge in [-0.15, -0.1) is 0 Å². The molecule has 0 aliphatic heterocycles. The van der Waals surface area contributed by atoms with Gasteiger partial charge in [-0.3, -0.25) is 9.69 Å². The van der Waals surface area contributed by atoms with Crippen LogP contribution in [0.1, 0.15) is 24.1 Å². The Bertz CT molecular complexity index is 704. The predicted octanol–water partition coefficient (Wildman–Crippen LogP) is 4.44. The largest absolute Gasteiger partial charge is 0.348 e. The molecule has 1 atom stereocenters. The van der Waals surface area contributed by atoms with Crippen molar-refractivity contribution in [2.24, 2.45) is 0 Å². The summed E-state index contributed by atoms with van der Waals surface area (Å²) >= 11 is 12.0. The molecule has 0 aliphatic carbocycles. The van der Waals surface area contributed by atoms with E-state index in [0.29, 0.717) is 15.6 Å². The highest BCUT2D eigenvalue weighted by Crippen LogP contribution is 2.20. The molecule has 0 aliphatic rings. The summed E-state index contributed by atoms with van der Waals surface area (Å²) in [4.78, 5) is 13.9. The van der Waals surface area contributed by atoms with Crippen LogP contribution in [0.2, 0.25) is 10.0 Å². The van der Waals surface area contributed by atoms with E-state index in [2.05, 4.69) is 5.32 Å². The predicted molar refractivity (Wildman–Crippen MR) is 95.8 cm³/mol. The van der Waals surface area contributed by atoms with Crippen LogP contribution in [0.4, 0.5) is 4.39 Å². The summed E-state index contributed by atoms with van der Waals surface area (Å²) in [5.74, 6) is -0.528. The van der Waals surface area contributed by atoms with Crippen LogP contribution in [0, 0.1) is 5.82 Å². The van der Waals surface area contributed by atoms with Gasteiger partial charge in [0.15, 0.2) is 0 Å². The van der Waals surface area contributed by atoms with Crippen molar-refractivity contribution in [2.45, 2.75) is 19.5 Å². The van der Waals surface area contributed by atoms with Crippen LogP contribution in [-0.2, 0) is 11.3 Å². The minimum Gasteiger partial charge on any atom is -0.348 e. The standard InChI is InChI=1S/C18H19Cl2FN2O/c1-12(13-5-3-6-14(19)9-13)22-18(24)11-23(2)10-15-16(20)7-4-8-17(15)21/h3-9,12H,10-11H2,1-2H3,(H,22,24)/t12-/m0/s1. The average Bonchev–Trinajstić information content (AvgIpc) is 2.51. The molecule has 0 saturated heterocycles. The fourth-order valence-electron chi connectivity index (χ4n) is 2.40. The van der Waals surface area contributed by atoms with Crippen LogP contribution in [0.25, 0.3) is 0 Å². The number of carbonyl (C=O) groups is 1. The Hall–Kier alpha value is -1.62. The van der Waals surface area contributed by atoms with Gasteiger partial charge in [0.2, 0.25) is 5.91 Å².